The number of aryl methyl sites for hydroxylation is 1. The molecule has 186 valence electrons. The molecule has 0 unspecified atom stereocenters. The van der Waals surface area contributed by atoms with Crippen molar-refractivity contribution in [3.05, 3.63) is 75.3 Å². The van der Waals surface area contributed by atoms with Gasteiger partial charge in [0.2, 0.25) is 0 Å². The van der Waals surface area contributed by atoms with Crippen LogP contribution in [0, 0.1) is 12.8 Å². The highest BCUT2D eigenvalue weighted by molar-refractivity contribution is 8.26. The number of halogens is 1. The number of carboxylic acid groups (broad SMARTS) is 1. The summed E-state index contributed by atoms with van der Waals surface area (Å²) in [6.07, 6.45) is 1.92. The standard InChI is InChI=1S/C27H25ClN2O4S2/c1-15(2)10-22(26(32)33)30-25(31)23(36-27(30)35)13-19-11-18-12-20(8-9-21(18)29-24(19)28)34-14-17-6-4-16(3)5-7-17/h4-9,11-13,15,22H,10,14H2,1-3H3,(H,32,33)/b23-13-/t22-/m0/s1. The normalized spacial score (nSPS) is 15.8. The van der Waals surface area contributed by atoms with Crippen molar-refractivity contribution in [3.63, 3.8) is 0 Å². The Morgan fingerprint density at radius 1 is 1.22 bits per heavy atom. The summed E-state index contributed by atoms with van der Waals surface area (Å²) in [6.45, 7) is 6.28. The highest BCUT2D eigenvalue weighted by Crippen LogP contribution is 2.36. The van der Waals surface area contributed by atoms with E-state index in [0.29, 0.717) is 34.8 Å². The number of hydrogen-bond donors (Lipinski definition) is 1. The Morgan fingerprint density at radius 2 is 1.94 bits per heavy atom. The molecule has 1 aliphatic heterocycles. The molecule has 6 nitrogen and oxygen atoms in total. The van der Waals surface area contributed by atoms with Crippen LogP contribution < -0.4 is 4.74 Å². The number of rotatable bonds is 8. The zero-order chi connectivity index (χ0) is 26.0. The van der Waals surface area contributed by atoms with Gasteiger partial charge in [0.1, 0.15) is 27.9 Å². The van der Waals surface area contributed by atoms with Crippen LogP contribution in [-0.2, 0) is 16.2 Å². The van der Waals surface area contributed by atoms with Crippen LogP contribution in [0.15, 0.2) is 53.4 Å². The molecule has 0 spiro atoms. The second kappa shape index (κ2) is 11.0. The summed E-state index contributed by atoms with van der Waals surface area (Å²) in [5, 5.41) is 10.7. The van der Waals surface area contributed by atoms with Gasteiger partial charge in [-0.3, -0.25) is 9.69 Å². The number of carboxylic acids is 1. The molecule has 1 saturated heterocycles. The van der Waals surface area contributed by atoms with Crippen LogP contribution >= 0.6 is 35.6 Å². The molecule has 1 atom stereocenters. The fourth-order valence-corrected chi connectivity index (χ4v) is 5.39. The number of aromatic nitrogens is 1. The molecule has 4 rings (SSSR count). The largest absolute Gasteiger partial charge is 0.489 e. The van der Waals surface area contributed by atoms with E-state index in [1.54, 1.807) is 6.08 Å². The number of carbonyl (C=O) groups excluding carboxylic acids is 1. The minimum Gasteiger partial charge on any atom is -0.489 e. The SMILES string of the molecule is Cc1ccc(COc2ccc3nc(Cl)c(/C=C4\SC(=S)N([C@@H](CC(C)C)C(=O)O)C4=O)cc3c2)cc1. The number of benzene rings is 2. The molecule has 3 aromatic rings. The van der Waals surface area contributed by atoms with E-state index in [0.717, 1.165) is 22.7 Å². The molecular formula is C27H25ClN2O4S2. The van der Waals surface area contributed by atoms with E-state index in [4.69, 9.17) is 28.6 Å². The minimum absolute atomic E-state index is 0.0845. The van der Waals surface area contributed by atoms with Crippen molar-refractivity contribution in [3.8, 4) is 5.75 Å². The van der Waals surface area contributed by atoms with Gasteiger partial charge in [0, 0.05) is 10.9 Å². The van der Waals surface area contributed by atoms with Gasteiger partial charge in [-0.1, -0.05) is 79.3 Å². The predicted molar refractivity (Wildman–Crippen MR) is 148 cm³/mol. The van der Waals surface area contributed by atoms with Crippen molar-refractivity contribution in [2.75, 3.05) is 0 Å². The monoisotopic (exact) mass is 540 g/mol. The first-order chi connectivity index (χ1) is 17.1. The summed E-state index contributed by atoms with van der Waals surface area (Å²) in [6, 6.07) is 14.5. The third-order valence-electron chi connectivity index (χ3n) is 5.69. The highest BCUT2D eigenvalue weighted by Gasteiger charge is 2.40. The fourth-order valence-electron chi connectivity index (χ4n) is 3.84. The van der Waals surface area contributed by atoms with Gasteiger partial charge in [-0.2, -0.15) is 0 Å². The molecule has 2 aromatic carbocycles. The molecule has 0 aliphatic carbocycles. The van der Waals surface area contributed by atoms with E-state index < -0.39 is 17.9 Å². The predicted octanol–water partition coefficient (Wildman–Crippen LogP) is 6.48. The average molecular weight is 541 g/mol. The van der Waals surface area contributed by atoms with Crippen molar-refractivity contribution in [2.24, 2.45) is 5.92 Å². The van der Waals surface area contributed by atoms with Crippen LogP contribution in [0.25, 0.3) is 17.0 Å². The van der Waals surface area contributed by atoms with Crippen LogP contribution in [-0.4, -0.2) is 37.2 Å². The van der Waals surface area contributed by atoms with Crippen LogP contribution in [0.3, 0.4) is 0 Å². The number of ether oxygens (including phenoxy) is 1. The van der Waals surface area contributed by atoms with Gasteiger partial charge in [-0.25, -0.2) is 9.78 Å². The molecular weight excluding hydrogens is 516 g/mol. The lowest BCUT2D eigenvalue weighted by Crippen LogP contribution is -2.44. The van der Waals surface area contributed by atoms with E-state index in [1.807, 2.05) is 69.3 Å². The third-order valence-corrected chi connectivity index (χ3v) is 7.33. The fraction of sp³-hybridized carbons (Fsp3) is 0.259. The zero-order valence-corrected chi connectivity index (χ0v) is 22.4. The van der Waals surface area contributed by atoms with Gasteiger partial charge in [0.05, 0.1) is 10.4 Å². The van der Waals surface area contributed by atoms with Gasteiger partial charge in [-0.05, 0) is 55.2 Å². The van der Waals surface area contributed by atoms with Crippen LogP contribution in [0.1, 0.15) is 37.0 Å². The number of amides is 1. The zero-order valence-electron chi connectivity index (χ0n) is 20.0. The van der Waals surface area contributed by atoms with Gasteiger partial charge >= 0.3 is 5.97 Å². The Hall–Kier alpha value is -2.94. The first kappa shape index (κ1) is 26.1. The molecule has 1 aliphatic rings. The van der Waals surface area contributed by atoms with Gasteiger partial charge in [-0.15, -0.1) is 0 Å². The van der Waals surface area contributed by atoms with Gasteiger partial charge in [0.25, 0.3) is 5.91 Å². The van der Waals surface area contributed by atoms with Crippen molar-refractivity contribution < 1.29 is 19.4 Å². The molecule has 0 saturated carbocycles. The molecule has 1 fully saturated rings. The van der Waals surface area contributed by atoms with Crippen molar-refractivity contribution in [1.82, 2.24) is 9.88 Å². The molecule has 1 aromatic heterocycles. The summed E-state index contributed by atoms with van der Waals surface area (Å²) in [7, 11) is 0. The lowest BCUT2D eigenvalue weighted by atomic mass is 10.0. The molecule has 1 N–H and O–H groups in total. The third kappa shape index (κ3) is 5.88. The lowest BCUT2D eigenvalue weighted by Gasteiger charge is -2.24. The Balaban J connectivity index is 1.59. The van der Waals surface area contributed by atoms with E-state index >= 15 is 0 Å². The van der Waals surface area contributed by atoms with E-state index in [1.165, 1.54) is 10.5 Å². The summed E-state index contributed by atoms with van der Waals surface area (Å²) in [4.78, 5) is 30.9. The first-order valence-electron chi connectivity index (χ1n) is 11.4. The van der Waals surface area contributed by atoms with Gasteiger partial charge < -0.3 is 9.84 Å². The number of nitrogens with zero attached hydrogens (tertiary/aromatic N) is 2. The van der Waals surface area contributed by atoms with E-state index in [-0.39, 0.29) is 15.4 Å². The topological polar surface area (TPSA) is 79.7 Å². The van der Waals surface area contributed by atoms with E-state index in [2.05, 4.69) is 4.98 Å². The van der Waals surface area contributed by atoms with Crippen molar-refractivity contribution in [1.29, 1.82) is 0 Å². The van der Waals surface area contributed by atoms with Crippen molar-refractivity contribution in [2.45, 2.75) is 39.8 Å². The lowest BCUT2D eigenvalue weighted by molar-refractivity contribution is -0.145. The molecule has 1 amide bonds. The number of aliphatic carboxylic acids is 1. The molecule has 9 heteroatoms. The van der Waals surface area contributed by atoms with Crippen molar-refractivity contribution >= 4 is 68.8 Å². The Kier molecular flexibility index (Phi) is 7.97. The number of thioether (sulfide) groups is 1. The summed E-state index contributed by atoms with van der Waals surface area (Å²) >= 11 is 12.9. The molecule has 0 radical (unpaired) electrons. The minimum atomic E-state index is -1.08. The van der Waals surface area contributed by atoms with E-state index in [9.17, 15) is 14.7 Å². The number of pyridine rings is 1. The average Bonchev–Trinajstić information content (AvgIpc) is 3.09. The maximum Gasteiger partial charge on any atom is 0.326 e. The summed E-state index contributed by atoms with van der Waals surface area (Å²) in [5.74, 6) is -0.752. The number of hydrogen-bond acceptors (Lipinski definition) is 6. The Bertz CT molecular complexity index is 1370. The molecule has 2 heterocycles. The summed E-state index contributed by atoms with van der Waals surface area (Å²) < 4.78 is 6.17. The van der Waals surface area contributed by atoms with Gasteiger partial charge in [0.15, 0.2) is 0 Å². The molecule has 36 heavy (non-hydrogen) atoms. The van der Waals surface area contributed by atoms with Crippen LogP contribution in [0.4, 0.5) is 0 Å². The first-order valence-corrected chi connectivity index (χ1v) is 13.0. The number of fused-ring (bicyclic) bond motifs is 1. The number of carbonyl (C=O) groups is 2. The molecule has 0 bridgehead atoms. The second-order valence-corrected chi connectivity index (χ2v) is 11.1. The Labute approximate surface area is 224 Å². The van der Waals surface area contributed by atoms with Crippen LogP contribution in [0.2, 0.25) is 5.15 Å². The maximum atomic E-state index is 13.1. The quantitative estimate of drug-likeness (QED) is 0.199. The Morgan fingerprint density at radius 3 is 2.61 bits per heavy atom. The van der Waals surface area contributed by atoms with Crippen LogP contribution in [0.5, 0.6) is 5.75 Å². The second-order valence-electron chi connectivity index (χ2n) is 9.03. The maximum absolute atomic E-state index is 13.1. The summed E-state index contributed by atoms with van der Waals surface area (Å²) in [5.41, 5.74) is 3.48. The number of thiocarbonyl (C=S) groups is 1. The smallest absolute Gasteiger partial charge is 0.326 e. The highest BCUT2D eigenvalue weighted by atomic mass is 35.5.